The largest absolute Gasteiger partial charge is 0.388 e. The van der Waals surface area contributed by atoms with Gasteiger partial charge in [-0.05, 0) is 24.6 Å². The van der Waals surface area contributed by atoms with Crippen molar-refractivity contribution < 1.29 is 0 Å². The fraction of sp³-hybridized carbons (Fsp3) is 0.333. The summed E-state index contributed by atoms with van der Waals surface area (Å²) in [6.45, 7) is 9.82. The van der Waals surface area contributed by atoms with Gasteiger partial charge in [-0.15, -0.1) is 0 Å². The summed E-state index contributed by atoms with van der Waals surface area (Å²) in [6, 6.07) is 6.25. The maximum absolute atomic E-state index is 3.74. The van der Waals surface area contributed by atoms with E-state index in [0.29, 0.717) is 0 Å². The van der Waals surface area contributed by atoms with E-state index in [1.54, 1.807) is 0 Å². The van der Waals surface area contributed by atoms with Crippen LogP contribution in [0.3, 0.4) is 0 Å². The van der Waals surface area contributed by atoms with E-state index in [9.17, 15) is 0 Å². The van der Waals surface area contributed by atoms with Gasteiger partial charge < -0.3 is 5.32 Å². The van der Waals surface area contributed by atoms with Gasteiger partial charge in [0.2, 0.25) is 0 Å². The number of aryl methyl sites for hydroxylation is 1. The molecule has 0 radical (unpaired) electrons. The van der Waals surface area contributed by atoms with E-state index in [1.807, 2.05) is 27.0 Å². The standard InChI is InChI=1S/C10H13N.C2H6/c1-4-9-7-8(2)5-6-10(9)11-3;1-2/h4-7,11H,1H2,2-3H3;1-2H3. The lowest BCUT2D eigenvalue weighted by atomic mass is 10.1. The predicted octanol–water partition coefficient (Wildman–Crippen LogP) is 3.71. The van der Waals surface area contributed by atoms with Crippen LogP contribution in [0.4, 0.5) is 5.69 Å². The molecule has 0 fully saturated rings. The Balaban J connectivity index is 0.000000671. The lowest BCUT2D eigenvalue weighted by Gasteiger charge is -2.05. The highest BCUT2D eigenvalue weighted by atomic mass is 14.8. The van der Waals surface area contributed by atoms with Gasteiger partial charge in [0.05, 0.1) is 0 Å². The lowest BCUT2D eigenvalue weighted by Crippen LogP contribution is -1.91. The third-order valence-electron chi connectivity index (χ3n) is 1.70. The zero-order chi connectivity index (χ0) is 10.3. The molecule has 0 saturated carbocycles. The van der Waals surface area contributed by atoms with E-state index in [4.69, 9.17) is 0 Å². The Morgan fingerprint density at radius 2 is 1.92 bits per heavy atom. The normalized spacial score (nSPS) is 8.31. The van der Waals surface area contributed by atoms with Gasteiger partial charge in [-0.25, -0.2) is 0 Å². The molecule has 0 aliphatic heterocycles. The molecular formula is C12H19N. The molecule has 0 saturated heterocycles. The van der Waals surface area contributed by atoms with Gasteiger partial charge in [0.25, 0.3) is 0 Å². The summed E-state index contributed by atoms with van der Waals surface area (Å²) in [7, 11) is 1.91. The van der Waals surface area contributed by atoms with E-state index >= 15 is 0 Å². The fourth-order valence-electron chi connectivity index (χ4n) is 1.08. The van der Waals surface area contributed by atoms with Gasteiger partial charge in [-0.2, -0.15) is 0 Å². The summed E-state index contributed by atoms with van der Waals surface area (Å²) in [4.78, 5) is 0. The molecule has 1 aromatic carbocycles. The average Bonchev–Trinajstić information content (AvgIpc) is 2.20. The van der Waals surface area contributed by atoms with Gasteiger partial charge in [0.1, 0.15) is 0 Å². The molecule has 0 atom stereocenters. The number of hydrogen-bond donors (Lipinski definition) is 1. The van der Waals surface area contributed by atoms with E-state index < -0.39 is 0 Å². The van der Waals surface area contributed by atoms with Gasteiger partial charge >= 0.3 is 0 Å². The highest BCUT2D eigenvalue weighted by Crippen LogP contribution is 2.17. The first-order valence-corrected chi connectivity index (χ1v) is 4.68. The van der Waals surface area contributed by atoms with E-state index in [0.717, 1.165) is 11.3 Å². The molecule has 0 unspecified atom stereocenters. The van der Waals surface area contributed by atoms with Crippen LogP contribution in [0.1, 0.15) is 25.0 Å². The number of rotatable bonds is 2. The van der Waals surface area contributed by atoms with Crippen molar-refractivity contribution in [2.75, 3.05) is 12.4 Å². The van der Waals surface area contributed by atoms with Crippen LogP contribution in [0.15, 0.2) is 24.8 Å². The molecular weight excluding hydrogens is 158 g/mol. The highest BCUT2D eigenvalue weighted by Gasteiger charge is 1.94. The molecule has 0 amide bonds. The highest BCUT2D eigenvalue weighted by molar-refractivity contribution is 5.66. The summed E-state index contributed by atoms with van der Waals surface area (Å²) in [5.74, 6) is 0. The number of benzene rings is 1. The molecule has 72 valence electrons. The minimum absolute atomic E-state index is 1.13. The van der Waals surface area contributed by atoms with Crippen molar-refractivity contribution in [1.29, 1.82) is 0 Å². The Morgan fingerprint density at radius 1 is 1.31 bits per heavy atom. The van der Waals surface area contributed by atoms with Crippen molar-refractivity contribution in [2.45, 2.75) is 20.8 Å². The maximum atomic E-state index is 3.74. The van der Waals surface area contributed by atoms with Crippen molar-refractivity contribution in [3.63, 3.8) is 0 Å². The van der Waals surface area contributed by atoms with Gasteiger partial charge in [-0.1, -0.05) is 38.1 Å². The van der Waals surface area contributed by atoms with Crippen molar-refractivity contribution in [3.8, 4) is 0 Å². The monoisotopic (exact) mass is 177 g/mol. The predicted molar refractivity (Wildman–Crippen MR) is 62.2 cm³/mol. The first kappa shape index (κ1) is 11.8. The Morgan fingerprint density at radius 3 is 2.38 bits per heavy atom. The Hall–Kier alpha value is -1.24. The Kier molecular flexibility index (Phi) is 5.69. The van der Waals surface area contributed by atoms with E-state index in [2.05, 4.69) is 37.0 Å². The van der Waals surface area contributed by atoms with Crippen LogP contribution in [-0.2, 0) is 0 Å². The summed E-state index contributed by atoms with van der Waals surface area (Å²) in [5.41, 5.74) is 3.55. The molecule has 1 aromatic rings. The molecule has 0 spiro atoms. The Labute approximate surface area is 81.5 Å². The van der Waals surface area contributed by atoms with Crippen molar-refractivity contribution in [1.82, 2.24) is 0 Å². The lowest BCUT2D eigenvalue weighted by molar-refractivity contribution is 1.42. The molecule has 0 aromatic heterocycles. The smallest absolute Gasteiger partial charge is 0.0411 e. The molecule has 1 heteroatoms. The van der Waals surface area contributed by atoms with Crippen molar-refractivity contribution in [3.05, 3.63) is 35.9 Å². The second-order valence-corrected chi connectivity index (χ2v) is 2.54. The average molecular weight is 177 g/mol. The van der Waals surface area contributed by atoms with Gasteiger partial charge in [0, 0.05) is 12.7 Å². The van der Waals surface area contributed by atoms with Crippen LogP contribution in [0.25, 0.3) is 6.08 Å². The third-order valence-corrected chi connectivity index (χ3v) is 1.70. The number of hydrogen-bond acceptors (Lipinski definition) is 1. The number of anilines is 1. The van der Waals surface area contributed by atoms with Crippen LogP contribution in [-0.4, -0.2) is 7.05 Å². The van der Waals surface area contributed by atoms with Crippen molar-refractivity contribution >= 4 is 11.8 Å². The van der Waals surface area contributed by atoms with Crippen LogP contribution in [0.5, 0.6) is 0 Å². The molecule has 1 N–H and O–H groups in total. The summed E-state index contributed by atoms with van der Waals surface area (Å²) < 4.78 is 0. The SMILES string of the molecule is C=Cc1cc(C)ccc1NC.CC. The molecule has 0 heterocycles. The fourth-order valence-corrected chi connectivity index (χ4v) is 1.08. The zero-order valence-corrected chi connectivity index (χ0v) is 9.02. The summed E-state index contributed by atoms with van der Waals surface area (Å²) in [6.07, 6.45) is 1.86. The second kappa shape index (κ2) is 6.30. The first-order chi connectivity index (χ1) is 6.27. The molecule has 13 heavy (non-hydrogen) atoms. The minimum atomic E-state index is 1.13. The zero-order valence-electron chi connectivity index (χ0n) is 9.02. The van der Waals surface area contributed by atoms with E-state index in [-0.39, 0.29) is 0 Å². The topological polar surface area (TPSA) is 12.0 Å². The van der Waals surface area contributed by atoms with E-state index in [1.165, 1.54) is 5.56 Å². The van der Waals surface area contributed by atoms with Crippen LogP contribution in [0.2, 0.25) is 0 Å². The molecule has 0 bridgehead atoms. The van der Waals surface area contributed by atoms with Gasteiger partial charge in [-0.3, -0.25) is 0 Å². The number of nitrogens with one attached hydrogen (secondary N) is 1. The van der Waals surface area contributed by atoms with Crippen LogP contribution < -0.4 is 5.32 Å². The molecule has 0 aliphatic rings. The minimum Gasteiger partial charge on any atom is -0.388 e. The van der Waals surface area contributed by atoms with Crippen molar-refractivity contribution in [2.24, 2.45) is 0 Å². The molecule has 1 rings (SSSR count). The summed E-state index contributed by atoms with van der Waals surface area (Å²) in [5, 5.41) is 3.10. The second-order valence-electron chi connectivity index (χ2n) is 2.54. The quantitative estimate of drug-likeness (QED) is 0.726. The first-order valence-electron chi connectivity index (χ1n) is 4.68. The molecule has 0 aliphatic carbocycles. The van der Waals surface area contributed by atoms with Crippen LogP contribution >= 0.6 is 0 Å². The maximum Gasteiger partial charge on any atom is 0.0411 e. The third kappa shape index (κ3) is 3.32. The Bertz CT molecular complexity index is 264. The molecule has 1 nitrogen and oxygen atoms in total. The van der Waals surface area contributed by atoms with Crippen LogP contribution in [0, 0.1) is 6.92 Å². The van der Waals surface area contributed by atoms with Gasteiger partial charge in [0.15, 0.2) is 0 Å². The summed E-state index contributed by atoms with van der Waals surface area (Å²) >= 11 is 0.